The molecule has 5 nitrogen and oxygen atoms in total. The first-order chi connectivity index (χ1) is 11.3. The number of anilines is 1. The van der Waals surface area contributed by atoms with Crippen LogP contribution in [0.1, 0.15) is 33.6 Å². The van der Waals surface area contributed by atoms with E-state index < -0.39 is 0 Å². The Hall–Kier alpha value is -1.95. The number of benzene rings is 1. The summed E-state index contributed by atoms with van der Waals surface area (Å²) in [5.41, 5.74) is 3.95. The predicted molar refractivity (Wildman–Crippen MR) is 99.4 cm³/mol. The molecule has 24 heavy (non-hydrogen) atoms. The van der Waals surface area contributed by atoms with E-state index in [4.69, 9.17) is 17.0 Å². The van der Waals surface area contributed by atoms with Gasteiger partial charge in [-0.3, -0.25) is 10.2 Å². The number of fused-ring (bicyclic) bond motifs is 2. The number of rotatable bonds is 3. The lowest BCUT2D eigenvalue weighted by molar-refractivity contribution is -0.123. The van der Waals surface area contributed by atoms with Crippen LogP contribution in [0.4, 0.5) is 5.69 Å². The summed E-state index contributed by atoms with van der Waals surface area (Å²) >= 11 is 5.27. The average molecular weight is 345 g/mol. The Morgan fingerprint density at radius 1 is 1.29 bits per heavy atom. The maximum atomic E-state index is 12.7. The average Bonchev–Trinajstić information content (AvgIpc) is 2.86. The number of thiocarbonyl (C=S) groups is 1. The molecular weight excluding hydrogens is 322 g/mol. The highest BCUT2D eigenvalue weighted by molar-refractivity contribution is 7.80. The lowest BCUT2D eigenvalue weighted by Crippen LogP contribution is -2.34. The van der Waals surface area contributed by atoms with Crippen molar-refractivity contribution in [2.75, 3.05) is 12.4 Å². The van der Waals surface area contributed by atoms with Crippen LogP contribution in [-0.2, 0) is 4.79 Å². The molecule has 6 heteroatoms. The smallest absolute Gasteiger partial charge is 0.191 e. The van der Waals surface area contributed by atoms with Gasteiger partial charge >= 0.3 is 0 Å². The molecule has 1 aromatic rings. The van der Waals surface area contributed by atoms with Crippen LogP contribution in [0.25, 0.3) is 0 Å². The Morgan fingerprint density at radius 3 is 2.50 bits per heavy atom. The summed E-state index contributed by atoms with van der Waals surface area (Å²) in [6, 6.07) is 7.43. The van der Waals surface area contributed by atoms with E-state index in [0.29, 0.717) is 10.8 Å². The summed E-state index contributed by atoms with van der Waals surface area (Å²) < 4.78 is 5.12. The van der Waals surface area contributed by atoms with E-state index >= 15 is 0 Å². The highest BCUT2D eigenvalue weighted by Gasteiger charge is 2.65. The van der Waals surface area contributed by atoms with Crippen LogP contribution in [0.5, 0.6) is 5.75 Å². The summed E-state index contributed by atoms with van der Waals surface area (Å²) in [6.45, 7) is 6.39. The molecule has 2 atom stereocenters. The SMILES string of the molecule is COc1ccc(NC(=S)N/N=C2/C(=O)C3(C)CCC2C3(C)C)cc1. The van der Waals surface area contributed by atoms with Crippen LogP contribution in [0.3, 0.4) is 0 Å². The van der Waals surface area contributed by atoms with Crippen molar-refractivity contribution in [2.24, 2.45) is 21.8 Å². The second-order valence-corrected chi connectivity index (χ2v) is 7.67. The first-order valence-electron chi connectivity index (χ1n) is 8.13. The van der Waals surface area contributed by atoms with Gasteiger partial charge in [0.05, 0.1) is 7.11 Å². The molecule has 0 spiro atoms. The number of carbonyl (C=O) groups is 1. The zero-order valence-corrected chi connectivity index (χ0v) is 15.3. The zero-order valence-electron chi connectivity index (χ0n) is 14.5. The second-order valence-electron chi connectivity index (χ2n) is 7.27. The molecule has 0 aromatic heterocycles. The Labute approximate surface area is 147 Å². The molecule has 0 amide bonds. The van der Waals surface area contributed by atoms with E-state index in [2.05, 4.69) is 36.6 Å². The minimum Gasteiger partial charge on any atom is -0.497 e. The van der Waals surface area contributed by atoms with Gasteiger partial charge in [-0.25, -0.2) is 0 Å². The Bertz CT molecular complexity index is 711. The van der Waals surface area contributed by atoms with Crippen molar-refractivity contribution in [3.8, 4) is 5.75 Å². The number of hydrogen-bond donors (Lipinski definition) is 2. The van der Waals surface area contributed by atoms with Crippen molar-refractivity contribution >= 4 is 34.5 Å². The Kier molecular flexibility index (Phi) is 4.11. The van der Waals surface area contributed by atoms with Crippen molar-refractivity contribution in [3.05, 3.63) is 24.3 Å². The fourth-order valence-corrected chi connectivity index (χ4v) is 4.06. The fourth-order valence-electron chi connectivity index (χ4n) is 3.90. The third kappa shape index (κ3) is 2.49. The molecule has 2 bridgehead atoms. The van der Waals surface area contributed by atoms with Gasteiger partial charge < -0.3 is 10.1 Å². The predicted octanol–water partition coefficient (Wildman–Crippen LogP) is 3.36. The molecule has 3 rings (SSSR count). The number of ketones is 1. The number of Topliss-reactive ketones (excluding diaryl/α,β-unsaturated/α-hetero) is 1. The molecule has 2 saturated carbocycles. The first-order valence-corrected chi connectivity index (χ1v) is 8.54. The van der Waals surface area contributed by atoms with Crippen molar-refractivity contribution in [1.29, 1.82) is 0 Å². The number of hydrogen-bond acceptors (Lipinski definition) is 4. The molecular formula is C18H23N3O2S. The maximum Gasteiger partial charge on any atom is 0.191 e. The molecule has 0 saturated heterocycles. The van der Waals surface area contributed by atoms with Crippen LogP contribution in [-0.4, -0.2) is 23.7 Å². The molecule has 128 valence electrons. The van der Waals surface area contributed by atoms with E-state index in [1.807, 2.05) is 24.3 Å². The molecule has 2 unspecified atom stereocenters. The minimum atomic E-state index is -0.302. The minimum absolute atomic E-state index is 0.0460. The van der Waals surface area contributed by atoms with Crippen LogP contribution in [0.2, 0.25) is 0 Å². The van der Waals surface area contributed by atoms with Crippen molar-refractivity contribution < 1.29 is 9.53 Å². The quantitative estimate of drug-likeness (QED) is 0.650. The number of hydrazone groups is 1. The summed E-state index contributed by atoms with van der Waals surface area (Å²) in [7, 11) is 1.62. The second kappa shape index (κ2) is 5.84. The molecule has 1 aromatic carbocycles. The van der Waals surface area contributed by atoms with Crippen LogP contribution >= 0.6 is 12.2 Å². The van der Waals surface area contributed by atoms with Gasteiger partial charge in [-0.2, -0.15) is 5.10 Å². The van der Waals surface area contributed by atoms with Gasteiger partial charge in [0.2, 0.25) is 0 Å². The summed E-state index contributed by atoms with van der Waals surface area (Å²) in [5, 5.41) is 7.77. The standard InChI is InChI=1S/C18H23N3O2S/c1-17(2)13-9-10-18(17,3)15(22)14(13)20-21-16(24)19-11-5-7-12(23-4)8-6-11/h5-8,13H,9-10H2,1-4H3,(H2,19,21,24)/b20-14+. The number of nitrogens with one attached hydrogen (secondary N) is 2. The largest absolute Gasteiger partial charge is 0.497 e. The van der Waals surface area contributed by atoms with Crippen molar-refractivity contribution in [3.63, 3.8) is 0 Å². The van der Waals surface area contributed by atoms with E-state index in [0.717, 1.165) is 24.3 Å². The van der Waals surface area contributed by atoms with E-state index in [1.54, 1.807) is 7.11 Å². The summed E-state index contributed by atoms with van der Waals surface area (Å²) in [5.74, 6) is 1.14. The monoisotopic (exact) mass is 345 g/mol. The molecule has 0 radical (unpaired) electrons. The number of nitrogens with zero attached hydrogens (tertiary/aromatic N) is 1. The third-order valence-electron chi connectivity index (χ3n) is 5.92. The molecule has 0 aliphatic heterocycles. The number of ether oxygens (including phenoxy) is 1. The van der Waals surface area contributed by atoms with Crippen LogP contribution in [0, 0.1) is 16.7 Å². The highest BCUT2D eigenvalue weighted by Crippen LogP contribution is 2.62. The van der Waals surface area contributed by atoms with Gasteiger partial charge in [0.25, 0.3) is 0 Å². The third-order valence-corrected chi connectivity index (χ3v) is 6.11. The van der Waals surface area contributed by atoms with Gasteiger partial charge in [-0.15, -0.1) is 0 Å². The summed E-state index contributed by atoms with van der Waals surface area (Å²) in [4.78, 5) is 12.7. The Morgan fingerprint density at radius 2 is 1.96 bits per heavy atom. The van der Waals surface area contributed by atoms with Crippen LogP contribution < -0.4 is 15.5 Å². The van der Waals surface area contributed by atoms with Gasteiger partial charge in [-0.05, 0) is 54.7 Å². The van der Waals surface area contributed by atoms with E-state index in [9.17, 15) is 4.79 Å². The normalized spacial score (nSPS) is 28.9. The highest BCUT2D eigenvalue weighted by atomic mass is 32.1. The number of methoxy groups -OCH3 is 1. The molecule has 2 aliphatic carbocycles. The molecule has 2 fully saturated rings. The van der Waals surface area contributed by atoms with Crippen molar-refractivity contribution in [2.45, 2.75) is 33.6 Å². The van der Waals surface area contributed by atoms with Gasteiger partial charge in [0.15, 0.2) is 10.9 Å². The molecule has 2 N–H and O–H groups in total. The Balaban J connectivity index is 1.67. The fraction of sp³-hybridized carbons (Fsp3) is 0.500. The van der Waals surface area contributed by atoms with E-state index in [-0.39, 0.29) is 22.5 Å². The van der Waals surface area contributed by atoms with Gasteiger partial charge in [-0.1, -0.05) is 20.8 Å². The molecule has 0 heterocycles. The molecule has 2 aliphatic rings. The van der Waals surface area contributed by atoms with Crippen molar-refractivity contribution in [1.82, 2.24) is 5.43 Å². The summed E-state index contributed by atoms with van der Waals surface area (Å²) in [6.07, 6.45) is 1.95. The first kappa shape index (κ1) is 16.9. The lowest BCUT2D eigenvalue weighted by atomic mass is 9.70. The van der Waals surface area contributed by atoms with Gasteiger partial charge in [0.1, 0.15) is 11.5 Å². The van der Waals surface area contributed by atoms with Gasteiger partial charge in [0, 0.05) is 17.0 Å². The lowest BCUT2D eigenvalue weighted by Gasteiger charge is -2.31. The number of carbonyl (C=O) groups excluding carboxylic acids is 1. The maximum absolute atomic E-state index is 12.7. The zero-order chi connectivity index (χ0) is 17.5. The van der Waals surface area contributed by atoms with Crippen LogP contribution in [0.15, 0.2) is 29.4 Å². The topological polar surface area (TPSA) is 62.7 Å². The van der Waals surface area contributed by atoms with E-state index in [1.165, 1.54) is 0 Å².